The van der Waals surface area contributed by atoms with Crippen molar-refractivity contribution in [1.29, 1.82) is 0 Å². The van der Waals surface area contributed by atoms with Gasteiger partial charge in [-0.05, 0) is 24.0 Å². The fraction of sp³-hybridized carbons (Fsp3) is 0.267. The standard InChI is InChI=1S/C15H13F2N3O2S/c1-20-13-12(14(22)19-15(20)23-2)10(6-11(21)18-13)7-3-8(16)5-9(17)4-7/h3-5,10H,6H2,1-2H3,(H,18,21)/t10-/m1/s1. The second-order valence-corrected chi connectivity index (χ2v) is 6.01. The van der Waals surface area contributed by atoms with Gasteiger partial charge in [-0.15, -0.1) is 0 Å². The van der Waals surface area contributed by atoms with Gasteiger partial charge in [-0.2, -0.15) is 4.98 Å². The van der Waals surface area contributed by atoms with E-state index in [1.807, 2.05) is 0 Å². The van der Waals surface area contributed by atoms with Gasteiger partial charge in [0.15, 0.2) is 5.16 Å². The number of aromatic nitrogens is 2. The van der Waals surface area contributed by atoms with E-state index in [2.05, 4.69) is 10.3 Å². The fourth-order valence-corrected chi connectivity index (χ4v) is 3.32. The maximum atomic E-state index is 13.5. The van der Waals surface area contributed by atoms with E-state index in [1.54, 1.807) is 17.9 Å². The molecule has 1 aliphatic heterocycles. The smallest absolute Gasteiger partial charge is 0.279 e. The summed E-state index contributed by atoms with van der Waals surface area (Å²) >= 11 is 1.27. The summed E-state index contributed by atoms with van der Waals surface area (Å²) in [6.45, 7) is 0. The highest BCUT2D eigenvalue weighted by Crippen LogP contribution is 2.35. The summed E-state index contributed by atoms with van der Waals surface area (Å²) < 4.78 is 28.6. The van der Waals surface area contributed by atoms with Crippen LogP contribution >= 0.6 is 11.8 Å². The van der Waals surface area contributed by atoms with Crippen molar-refractivity contribution in [1.82, 2.24) is 9.55 Å². The first-order chi connectivity index (χ1) is 10.9. The van der Waals surface area contributed by atoms with Crippen LogP contribution in [0, 0.1) is 11.6 Å². The predicted molar refractivity (Wildman–Crippen MR) is 82.7 cm³/mol. The van der Waals surface area contributed by atoms with Gasteiger partial charge in [0.1, 0.15) is 17.5 Å². The van der Waals surface area contributed by atoms with E-state index in [4.69, 9.17) is 0 Å². The molecule has 0 spiro atoms. The van der Waals surface area contributed by atoms with Crippen LogP contribution < -0.4 is 10.9 Å². The Morgan fingerprint density at radius 1 is 1.26 bits per heavy atom. The van der Waals surface area contributed by atoms with Gasteiger partial charge >= 0.3 is 0 Å². The highest BCUT2D eigenvalue weighted by Gasteiger charge is 2.32. The molecule has 0 aliphatic carbocycles. The molecular weight excluding hydrogens is 324 g/mol. The second-order valence-electron chi connectivity index (χ2n) is 5.23. The third kappa shape index (κ3) is 2.74. The van der Waals surface area contributed by atoms with Crippen molar-refractivity contribution in [3.05, 3.63) is 51.3 Å². The van der Waals surface area contributed by atoms with Crippen LogP contribution in [0.25, 0.3) is 0 Å². The van der Waals surface area contributed by atoms with Crippen molar-refractivity contribution in [3.63, 3.8) is 0 Å². The van der Waals surface area contributed by atoms with Crippen LogP contribution in [0.2, 0.25) is 0 Å². The van der Waals surface area contributed by atoms with Crippen molar-refractivity contribution < 1.29 is 13.6 Å². The van der Waals surface area contributed by atoms with Crippen molar-refractivity contribution in [2.75, 3.05) is 11.6 Å². The number of carbonyl (C=O) groups is 1. The normalized spacial score (nSPS) is 16.9. The molecule has 1 N–H and O–H groups in total. The zero-order chi connectivity index (χ0) is 16.7. The minimum Gasteiger partial charge on any atom is -0.312 e. The van der Waals surface area contributed by atoms with Gasteiger partial charge < -0.3 is 9.88 Å². The lowest BCUT2D eigenvalue weighted by Gasteiger charge is -2.27. The molecule has 1 aliphatic rings. The number of hydrogen-bond acceptors (Lipinski definition) is 4. The third-order valence-electron chi connectivity index (χ3n) is 3.77. The minimum absolute atomic E-state index is 0.0641. The van der Waals surface area contributed by atoms with Crippen LogP contribution in [0.15, 0.2) is 28.2 Å². The van der Waals surface area contributed by atoms with E-state index in [9.17, 15) is 18.4 Å². The monoisotopic (exact) mass is 337 g/mol. The maximum absolute atomic E-state index is 13.5. The molecule has 0 fully saturated rings. The van der Waals surface area contributed by atoms with E-state index in [0.29, 0.717) is 11.0 Å². The Morgan fingerprint density at radius 3 is 2.52 bits per heavy atom. The molecule has 0 radical (unpaired) electrons. The van der Waals surface area contributed by atoms with Crippen molar-refractivity contribution in [3.8, 4) is 0 Å². The zero-order valence-corrected chi connectivity index (χ0v) is 13.2. The van der Waals surface area contributed by atoms with Crippen LogP contribution in [0.1, 0.15) is 23.5 Å². The van der Waals surface area contributed by atoms with Crippen LogP contribution in [-0.2, 0) is 11.8 Å². The maximum Gasteiger partial charge on any atom is 0.279 e. The van der Waals surface area contributed by atoms with Gasteiger partial charge in [0.05, 0.1) is 5.56 Å². The molecule has 2 heterocycles. The molecular formula is C15H13F2N3O2S. The molecule has 0 saturated carbocycles. The van der Waals surface area contributed by atoms with Crippen molar-refractivity contribution in [2.45, 2.75) is 17.5 Å². The number of hydrogen-bond donors (Lipinski definition) is 1. The number of rotatable bonds is 2. The molecule has 3 rings (SSSR count). The average molecular weight is 337 g/mol. The van der Waals surface area contributed by atoms with E-state index in [0.717, 1.165) is 18.2 Å². The number of nitrogens with zero attached hydrogens (tertiary/aromatic N) is 2. The second kappa shape index (κ2) is 5.77. The molecule has 1 atom stereocenters. The van der Waals surface area contributed by atoms with Gasteiger partial charge in [-0.25, -0.2) is 8.78 Å². The average Bonchev–Trinajstić information content (AvgIpc) is 2.49. The lowest BCUT2D eigenvalue weighted by atomic mass is 9.86. The van der Waals surface area contributed by atoms with Crippen molar-refractivity contribution >= 4 is 23.5 Å². The van der Waals surface area contributed by atoms with Gasteiger partial charge in [-0.1, -0.05) is 11.8 Å². The third-order valence-corrected chi connectivity index (χ3v) is 4.50. The summed E-state index contributed by atoms with van der Waals surface area (Å²) in [7, 11) is 1.67. The Kier molecular flexibility index (Phi) is 3.93. The molecule has 120 valence electrons. The Morgan fingerprint density at radius 2 is 1.91 bits per heavy atom. The highest BCUT2D eigenvalue weighted by molar-refractivity contribution is 7.98. The highest BCUT2D eigenvalue weighted by atomic mass is 32.2. The molecule has 8 heteroatoms. The SMILES string of the molecule is CSc1nc(=O)c2c(n1C)NC(=O)C[C@@H]2c1cc(F)cc(F)c1. The first-order valence-corrected chi connectivity index (χ1v) is 8.04. The number of carbonyl (C=O) groups excluding carboxylic acids is 1. The molecule has 0 saturated heterocycles. The van der Waals surface area contributed by atoms with Crippen molar-refractivity contribution in [2.24, 2.45) is 7.05 Å². The minimum atomic E-state index is -0.752. The largest absolute Gasteiger partial charge is 0.312 e. The lowest BCUT2D eigenvalue weighted by Crippen LogP contribution is -2.33. The molecule has 1 aromatic heterocycles. The first kappa shape index (κ1) is 15.7. The number of amides is 1. The Balaban J connectivity index is 2.25. The Hall–Kier alpha value is -2.22. The molecule has 23 heavy (non-hydrogen) atoms. The summed E-state index contributed by atoms with van der Waals surface area (Å²) in [6, 6.07) is 3.02. The summed E-state index contributed by atoms with van der Waals surface area (Å²) in [5, 5.41) is 3.10. The predicted octanol–water partition coefficient (Wildman–Crippen LogP) is 2.25. The zero-order valence-electron chi connectivity index (χ0n) is 12.4. The summed E-state index contributed by atoms with van der Waals surface area (Å²) in [5.74, 6) is -2.23. The topological polar surface area (TPSA) is 64.0 Å². The molecule has 5 nitrogen and oxygen atoms in total. The molecule has 1 amide bonds. The number of halogens is 2. The van der Waals surface area contributed by atoms with E-state index in [-0.39, 0.29) is 23.5 Å². The van der Waals surface area contributed by atoms with Crippen LogP contribution in [0.3, 0.4) is 0 Å². The van der Waals surface area contributed by atoms with Gasteiger partial charge in [0.2, 0.25) is 5.91 Å². The number of nitrogens with one attached hydrogen (secondary N) is 1. The van der Waals surface area contributed by atoms with Gasteiger partial charge in [0, 0.05) is 25.5 Å². The quantitative estimate of drug-likeness (QED) is 0.674. The van der Waals surface area contributed by atoms with Gasteiger partial charge in [-0.3, -0.25) is 9.59 Å². The van der Waals surface area contributed by atoms with Crippen LogP contribution in [0.4, 0.5) is 14.6 Å². The Labute approximate surface area is 134 Å². The fourth-order valence-electron chi connectivity index (χ4n) is 2.78. The summed E-state index contributed by atoms with van der Waals surface area (Å²) in [6.07, 6.45) is 1.70. The Bertz CT molecular complexity index is 846. The number of anilines is 1. The lowest BCUT2D eigenvalue weighted by molar-refractivity contribution is -0.116. The van der Waals surface area contributed by atoms with E-state index >= 15 is 0 Å². The summed E-state index contributed by atoms with van der Waals surface area (Å²) in [5.41, 5.74) is -0.0126. The van der Waals surface area contributed by atoms with E-state index < -0.39 is 23.1 Å². The van der Waals surface area contributed by atoms with Crippen LogP contribution in [0.5, 0.6) is 0 Å². The summed E-state index contributed by atoms with van der Waals surface area (Å²) in [4.78, 5) is 28.4. The van der Waals surface area contributed by atoms with E-state index in [1.165, 1.54) is 11.8 Å². The molecule has 1 aromatic carbocycles. The first-order valence-electron chi connectivity index (χ1n) is 6.81. The van der Waals surface area contributed by atoms with Crippen LogP contribution in [-0.4, -0.2) is 21.7 Å². The number of benzene rings is 1. The number of thioether (sulfide) groups is 1. The number of fused-ring (bicyclic) bond motifs is 1. The molecule has 0 unspecified atom stereocenters. The van der Waals surface area contributed by atoms with Gasteiger partial charge in [0.25, 0.3) is 5.56 Å². The molecule has 2 aromatic rings. The molecule has 0 bridgehead atoms.